The first kappa shape index (κ1) is 17.5. The van der Waals surface area contributed by atoms with E-state index in [0.717, 1.165) is 0 Å². The van der Waals surface area contributed by atoms with Gasteiger partial charge >= 0.3 is 44.4 Å². The molecule has 1 aliphatic heterocycles. The zero-order chi connectivity index (χ0) is 14.4. The van der Waals surface area contributed by atoms with Crippen molar-refractivity contribution in [1.29, 1.82) is 0 Å². The molecule has 0 aromatic rings. The van der Waals surface area contributed by atoms with Crippen LogP contribution in [0.15, 0.2) is 0 Å². The van der Waals surface area contributed by atoms with E-state index in [-0.39, 0.29) is 12.8 Å². The summed E-state index contributed by atoms with van der Waals surface area (Å²) in [6, 6.07) is 0. The lowest BCUT2D eigenvalue weighted by molar-refractivity contribution is 0.227. The van der Waals surface area contributed by atoms with Gasteiger partial charge < -0.3 is 8.52 Å². The molecule has 0 saturated carbocycles. The molecule has 1 rings (SSSR count). The third kappa shape index (κ3) is 4.79. The molecule has 18 heavy (non-hydrogen) atoms. The fraction of sp³-hybridized carbons (Fsp3) is 1.00. The molecule has 3 nitrogen and oxygen atoms in total. The molecular formula is C12H27Al3O3. The third-order valence-electron chi connectivity index (χ3n) is 2.86. The van der Waals surface area contributed by atoms with Crippen molar-refractivity contribution in [2.45, 2.75) is 75.1 Å². The Balaban J connectivity index is 2.93. The quantitative estimate of drug-likeness (QED) is 0.635. The van der Waals surface area contributed by atoms with E-state index in [9.17, 15) is 0 Å². The fourth-order valence-corrected chi connectivity index (χ4v) is 16.7. The topological polar surface area (TPSA) is 27.7 Å². The summed E-state index contributed by atoms with van der Waals surface area (Å²) in [4.78, 5) is 0. The van der Waals surface area contributed by atoms with Crippen molar-refractivity contribution in [3.05, 3.63) is 0 Å². The molecule has 0 aromatic carbocycles. The molecule has 0 aliphatic carbocycles. The van der Waals surface area contributed by atoms with Crippen LogP contribution in [-0.2, 0) is 8.52 Å². The van der Waals surface area contributed by atoms with Gasteiger partial charge in [0.1, 0.15) is 0 Å². The molecule has 0 unspecified atom stereocenters. The number of hydrogen-bond donors (Lipinski definition) is 0. The van der Waals surface area contributed by atoms with Crippen molar-refractivity contribution in [3.8, 4) is 0 Å². The highest BCUT2D eigenvalue weighted by Crippen LogP contribution is 2.42. The van der Waals surface area contributed by atoms with Crippen LogP contribution in [-0.4, -0.2) is 44.4 Å². The highest BCUT2D eigenvalue weighted by atomic mass is 27.4. The third-order valence-corrected chi connectivity index (χ3v) is 13.0. The van der Waals surface area contributed by atoms with Crippen LogP contribution in [0, 0.1) is 0 Å². The van der Waals surface area contributed by atoms with Crippen molar-refractivity contribution in [1.82, 2.24) is 0 Å². The van der Waals surface area contributed by atoms with Gasteiger partial charge in [0.05, 0.1) is 0 Å². The van der Waals surface area contributed by atoms with Crippen molar-refractivity contribution in [3.63, 3.8) is 0 Å². The Labute approximate surface area is 127 Å². The average Bonchev–Trinajstić information content (AvgIpc) is 2.13. The van der Waals surface area contributed by atoms with Gasteiger partial charge in [-0.05, 0) is 12.8 Å². The van der Waals surface area contributed by atoms with Gasteiger partial charge in [-0.3, -0.25) is 0 Å². The van der Waals surface area contributed by atoms with E-state index in [4.69, 9.17) is 8.52 Å². The summed E-state index contributed by atoms with van der Waals surface area (Å²) < 4.78 is 19.4. The number of rotatable bonds is 0. The van der Waals surface area contributed by atoms with Crippen LogP contribution >= 0.6 is 0 Å². The second-order valence-electron chi connectivity index (χ2n) is 8.50. The van der Waals surface area contributed by atoms with Gasteiger partial charge in [-0.15, -0.1) is 0 Å². The summed E-state index contributed by atoms with van der Waals surface area (Å²) in [7, 11) is 0. The molecule has 1 saturated heterocycles. The molecule has 0 bridgehead atoms. The van der Waals surface area contributed by atoms with Crippen molar-refractivity contribution in [2.24, 2.45) is 0 Å². The SMILES string of the molecule is C[C](C)(C)[Al]1[O][Al]([C](C)(C)C)[O][Al]([C](C)(C)C)[O]1. The van der Waals surface area contributed by atoms with Gasteiger partial charge in [-0.2, -0.15) is 0 Å². The van der Waals surface area contributed by atoms with Gasteiger partial charge in [0, 0.05) is 0 Å². The van der Waals surface area contributed by atoms with Crippen LogP contribution < -0.4 is 0 Å². The van der Waals surface area contributed by atoms with E-state index in [1.807, 2.05) is 0 Å². The molecular weight excluding hydrogens is 273 g/mol. The zero-order valence-electron chi connectivity index (χ0n) is 13.5. The number of hydrogen-bond acceptors (Lipinski definition) is 3. The monoisotopic (exact) mass is 300 g/mol. The van der Waals surface area contributed by atoms with Crippen LogP contribution in [0.5, 0.6) is 0 Å². The van der Waals surface area contributed by atoms with Crippen molar-refractivity contribution in [2.75, 3.05) is 0 Å². The van der Waals surface area contributed by atoms with E-state index in [1.165, 1.54) is 0 Å². The van der Waals surface area contributed by atoms with E-state index >= 15 is 0 Å². The van der Waals surface area contributed by atoms with Crippen LogP contribution in [0.1, 0.15) is 62.3 Å². The minimum Gasteiger partial charge on any atom is -0.593 e. The predicted octanol–water partition coefficient (Wildman–Crippen LogP) is 3.91. The molecule has 0 amide bonds. The molecule has 1 heterocycles. The van der Waals surface area contributed by atoms with E-state index in [2.05, 4.69) is 62.3 Å². The zero-order valence-corrected chi connectivity index (χ0v) is 16.9. The molecule has 102 valence electrons. The highest BCUT2D eigenvalue weighted by molar-refractivity contribution is 6.76. The Morgan fingerprint density at radius 2 is 0.611 bits per heavy atom. The molecule has 0 N–H and O–H groups in total. The molecule has 1 aliphatic rings. The Kier molecular flexibility index (Phi) is 5.55. The van der Waals surface area contributed by atoms with Crippen molar-refractivity contribution >= 4 is 44.4 Å². The van der Waals surface area contributed by atoms with Gasteiger partial charge in [0.2, 0.25) is 0 Å². The fourth-order valence-electron chi connectivity index (χ4n) is 1.66. The lowest BCUT2D eigenvalue weighted by atomic mass is 10.2. The minimum atomic E-state index is -1.63. The second-order valence-corrected chi connectivity index (χ2v) is 19.0. The first-order valence-corrected chi connectivity index (χ1v) is 11.3. The summed E-state index contributed by atoms with van der Waals surface area (Å²) in [6.07, 6.45) is 0. The molecule has 0 aromatic heterocycles. The van der Waals surface area contributed by atoms with Crippen LogP contribution in [0.25, 0.3) is 0 Å². The standard InChI is InChI=1S/3C4H9.3Al.3O/c3*1-4(2)3;;;;;;/h3*1-3H3;;;;;;. The van der Waals surface area contributed by atoms with E-state index in [0.29, 0.717) is 0 Å². The summed E-state index contributed by atoms with van der Waals surface area (Å²) in [5, 5.41) is 0. The maximum atomic E-state index is 6.31. The Hall–Kier alpha value is 1.48. The smallest absolute Gasteiger partial charge is 0.593 e. The average molecular weight is 300 g/mol. The van der Waals surface area contributed by atoms with Gasteiger partial charge in [-0.1, -0.05) is 62.3 Å². The summed E-state index contributed by atoms with van der Waals surface area (Å²) in [5.41, 5.74) is 0. The first-order chi connectivity index (χ1) is 7.82. The van der Waals surface area contributed by atoms with Gasteiger partial charge in [0.15, 0.2) is 0 Å². The van der Waals surface area contributed by atoms with Crippen molar-refractivity contribution < 1.29 is 8.52 Å². The molecule has 1 fully saturated rings. The van der Waals surface area contributed by atoms with Crippen LogP contribution in [0.3, 0.4) is 0 Å². The summed E-state index contributed by atoms with van der Waals surface area (Å²) in [6.45, 7) is 20.1. The van der Waals surface area contributed by atoms with E-state index in [1.54, 1.807) is 0 Å². The second kappa shape index (κ2) is 5.70. The molecule has 0 spiro atoms. The van der Waals surface area contributed by atoms with Gasteiger partial charge in [0.25, 0.3) is 0 Å². The molecule has 0 radical (unpaired) electrons. The lowest BCUT2D eigenvalue weighted by Crippen LogP contribution is -2.57. The minimum absolute atomic E-state index is 0.150. The maximum absolute atomic E-state index is 6.31. The molecule has 0 atom stereocenters. The Morgan fingerprint density at radius 1 is 0.444 bits per heavy atom. The van der Waals surface area contributed by atoms with Gasteiger partial charge in [-0.25, -0.2) is 0 Å². The van der Waals surface area contributed by atoms with Crippen LogP contribution in [0.4, 0.5) is 0 Å². The van der Waals surface area contributed by atoms with E-state index < -0.39 is 44.4 Å². The normalized spacial score (nSPS) is 19.5. The summed E-state index contributed by atoms with van der Waals surface area (Å²) >= 11 is -4.89. The largest absolute Gasteiger partial charge is 0.622 e. The molecule has 6 heteroatoms. The first-order valence-electron chi connectivity index (χ1n) is 6.78. The predicted molar refractivity (Wildman–Crippen MR) is 79.7 cm³/mol. The Morgan fingerprint density at radius 3 is 0.722 bits per heavy atom. The Bertz CT molecular complexity index is 235. The summed E-state index contributed by atoms with van der Waals surface area (Å²) in [5.74, 6) is 0. The lowest BCUT2D eigenvalue weighted by Gasteiger charge is -2.43. The van der Waals surface area contributed by atoms with Crippen LogP contribution in [0.2, 0.25) is 12.8 Å². The maximum Gasteiger partial charge on any atom is 0.622 e. The highest BCUT2D eigenvalue weighted by Gasteiger charge is 2.58.